The van der Waals surface area contributed by atoms with Gasteiger partial charge in [-0.2, -0.15) is 0 Å². The summed E-state index contributed by atoms with van der Waals surface area (Å²) in [5.74, 6) is -2.20. The molecule has 0 radical (unpaired) electrons. The lowest BCUT2D eigenvalue weighted by Gasteiger charge is -2.21. The Hall–Kier alpha value is -3.76. The largest absolute Gasteiger partial charge is 0.472 e. The van der Waals surface area contributed by atoms with Gasteiger partial charge in [0.05, 0.1) is 26.4 Å². The zero-order valence-corrected chi connectivity index (χ0v) is 65.2. The molecule has 3 N–H and O–H groups in total. The molecule has 0 aromatic carbocycles. The van der Waals surface area contributed by atoms with Gasteiger partial charge in [-0.3, -0.25) is 37.3 Å². The smallest absolute Gasteiger partial charge is 0.462 e. The molecule has 5 atom stereocenters. The fourth-order valence-electron chi connectivity index (χ4n) is 10.7. The van der Waals surface area contributed by atoms with Gasteiger partial charge in [0, 0.05) is 25.7 Å². The Kier molecular flexibility index (Phi) is 70.8. The van der Waals surface area contributed by atoms with Crippen molar-refractivity contribution >= 4 is 39.5 Å². The summed E-state index contributed by atoms with van der Waals surface area (Å²) < 4.78 is 68.6. The van der Waals surface area contributed by atoms with Gasteiger partial charge in [0.1, 0.15) is 19.3 Å². The number of ether oxygens (including phenoxy) is 4. The summed E-state index contributed by atoms with van der Waals surface area (Å²) in [5, 5.41) is 10.6. The van der Waals surface area contributed by atoms with Gasteiger partial charge in [-0.15, -0.1) is 0 Å². The third-order valence-corrected chi connectivity index (χ3v) is 18.7. The molecule has 0 aliphatic rings. The molecule has 2 unspecified atom stereocenters. The average Bonchev–Trinajstić information content (AvgIpc) is 1.01. The first-order chi connectivity index (χ1) is 48.7. The Labute approximate surface area is 608 Å². The van der Waals surface area contributed by atoms with E-state index in [1.165, 1.54) is 96.3 Å². The number of phosphoric ester groups is 2. The molecular weight excluding hydrogens is 1310 g/mol. The Morgan fingerprint density at radius 3 is 0.750 bits per heavy atom. The highest BCUT2D eigenvalue weighted by atomic mass is 31.2. The number of esters is 4. The van der Waals surface area contributed by atoms with Crippen molar-refractivity contribution in [3.8, 4) is 0 Å². The van der Waals surface area contributed by atoms with Crippen molar-refractivity contribution in [1.29, 1.82) is 0 Å². The Bertz CT molecular complexity index is 2230. The van der Waals surface area contributed by atoms with E-state index in [2.05, 4.69) is 113 Å². The predicted octanol–water partition coefficient (Wildman–Crippen LogP) is 23.0. The average molecular weight is 1450 g/mol. The van der Waals surface area contributed by atoms with E-state index < -0.39 is 97.5 Å². The number of carbonyl (C=O) groups excluding carboxylic acids is 4. The maximum Gasteiger partial charge on any atom is 0.472 e. The fraction of sp³-hybridized carbons (Fsp3) is 0.778. The minimum Gasteiger partial charge on any atom is -0.462 e. The van der Waals surface area contributed by atoms with E-state index >= 15 is 0 Å². The van der Waals surface area contributed by atoms with Crippen molar-refractivity contribution in [2.24, 2.45) is 0 Å². The molecule has 0 fully saturated rings. The molecule has 0 aliphatic heterocycles. The van der Waals surface area contributed by atoms with Gasteiger partial charge in [-0.1, -0.05) is 260 Å². The number of allylic oxidation sites excluding steroid dienone is 14. The second kappa shape index (κ2) is 73.5. The molecule has 100 heavy (non-hydrogen) atoms. The van der Waals surface area contributed by atoms with E-state index in [0.717, 1.165) is 173 Å². The molecule has 0 heterocycles. The quantitative estimate of drug-likeness (QED) is 0.0169. The molecule has 17 nitrogen and oxygen atoms in total. The number of hydrogen-bond acceptors (Lipinski definition) is 15. The molecule has 0 bridgehead atoms. The van der Waals surface area contributed by atoms with Crippen molar-refractivity contribution in [3.05, 3.63) is 85.1 Å². The molecule has 0 rings (SSSR count). The zero-order chi connectivity index (χ0) is 73.2. The van der Waals surface area contributed by atoms with Gasteiger partial charge in [-0.05, 0) is 148 Å². The third kappa shape index (κ3) is 72.6. The first kappa shape index (κ1) is 96.2. The van der Waals surface area contributed by atoms with Gasteiger partial charge in [0.2, 0.25) is 0 Å². The van der Waals surface area contributed by atoms with E-state index in [-0.39, 0.29) is 25.7 Å². The lowest BCUT2D eigenvalue weighted by molar-refractivity contribution is -0.161. The summed E-state index contributed by atoms with van der Waals surface area (Å²) in [6.07, 6.45) is 75.5. The monoisotopic (exact) mass is 1450 g/mol. The molecule has 0 amide bonds. The number of carbonyl (C=O) groups is 4. The van der Waals surface area contributed by atoms with Crippen LogP contribution in [0.2, 0.25) is 0 Å². The number of unbranched alkanes of at least 4 members (excludes halogenated alkanes) is 35. The molecule has 580 valence electrons. The maximum atomic E-state index is 13.1. The SMILES string of the molecule is CCCCC/C=C\C/C=C/CCCCCCCC(=O)OC[C@H](COP(=O)(O)OC[C@H](O)COP(=O)(O)OC[C@@H](COC(=O)CCCCCCC/C=C/C/C=C/CCCCC)OC(=O)CCCCCCC/C=C/C/C=C/CCCCC)OC(=O)CCCCCCCCCC/C=C/CCCCC. The van der Waals surface area contributed by atoms with E-state index in [4.69, 9.17) is 37.0 Å². The second-order valence-electron chi connectivity index (χ2n) is 26.6. The predicted molar refractivity (Wildman–Crippen MR) is 409 cm³/mol. The van der Waals surface area contributed by atoms with Crippen molar-refractivity contribution in [3.63, 3.8) is 0 Å². The number of phosphoric acid groups is 2. The highest BCUT2D eigenvalue weighted by Crippen LogP contribution is 2.45. The molecule has 0 spiro atoms. The molecule has 0 aromatic rings. The lowest BCUT2D eigenvalue weighted by atomic mass is 10.1. The zero-order valence-electron chi connectivity index (χ0n) is 63.4. The standard InChI is InChI=1S/C81H144O17P2/c1-5-9-13-17-21-25-29-33-37-41-45-49-53-57-61-65-78(83)91-71-76(97-80(85)67-63-59-55-51-47-43-39-35-31-27-23-19-15-11-7-3)73-95-99(87,88)93-69-75(82)70-94-100(89,90)96-74-77(98-81(86)68-64-60-56-52-48-44-40-36-32-28-24-20-16-12-8-4)72-92-79(84)66-62-58-54-50-46-42-38-34-30-26-22-18-14-10-6-2/h21-28,33-35,37-39,75-77,82H,5-20,29-32,36,40-74H2,1-4H3,(H,87,88)(H,89,90)/b25-21+,26-22-,27-23+,28-24+,37-33+,38-34+,39-35+/t75-,76-,77-/m1/s1. The van der Waals surface area contributed by atoms with Crippen LogP contribution in [0.15, 0.2) is 85.1 Å². The van der Waals surface area contributed by atoms with Crippen LogP contribution in [0, 0.1) is 0 Å². The number of aliphatic hydroxyl groups is 1. The van der Waals surface area contributed by atoms with E-state index in [1.54, 1.807) is 0 Å². The molecule has 0 aromatic heterocycles. The second-order valence-corrected chi connectivity index (χ2v) is 29.5. The minimum absolute atomic E-state index is 0.0771. The van der Waals surface area contributed by atoms with Crippen LogP contribution in [0.3, 0.4) is 0 Å². The highest BCUT2D eigenvalue weighted by Gasteiger charge is 2.30. The van der Waals surface area contributed by atoms with Crippen molar-refractivity contribution < 1.29 is 80.2 Å². The lowest BCUT2D eigenvalue weighted by Crippen LogP contribution is -2.30. The van der Waals surface area contributed by atoms with E-state index in [9.17, 15) is 43.2 Å². The Balaban J connectivity index is 5.38. The summed E-state index contributed by atoms with van der Waals surface area (Å²) in [7, 11) is -9.96. The first-order valence-electron chi connectivity index (χ1n) is 39.8. The number of hydrogen-bond donors (Lipinski definition) is 3. The van der Waals surface area contributed by atoms with Gasteiger partial charge in [0.15, 0.2) is 12.2 Å². The summed E-state index contributed by atoms with van der Waals surface area (Å²) in [6.45, 7) is 4.77. The van der Waals surface area contributed by atoms with Crippen molar-refractivity contribution in [2.75, 3.05) is 39.6 Å². The summed E-state index contributed by atoms with van der Waals surface area (Å²) >= 11 is 0. The van der Waals surface area contributed by atoms with Crippen LogP contribution in [-0.2, 0) is 65.4 Å². The summed E-state index contributed by atoms with van der Waals surface area (Å²) in [6, 6.07) is 0. The minimum atomic E-state index is -4.98. The van der Waals surface area contributed by atoms with Crippen molar-refractivity contribution in [2.45, 2.75) is 367 Å². The molecule has 0 saturated carbocycles. The van der Waals surface area contributed by atoms with E-state index in [0.29, 0.717) is 25.7 Å². The normalized spacial score (nSPS) is 14.3. The van der Waals surface area contributed by atoms with Gasteiger partial charge in [-0.25, -0.2) is 9.13 Å². The summed E-state index contributed by atoms with van der Waals surface area (Å²) in [5.41, 5.74) is 0. The van der Waals surface area contributed by atoms with Gasteiger partial charge >= 0.3 is 39.5 Å². The number of aliphatic hydroxyl groups excluding tert-OH is 1. The van der Waals surface area contributed by atoms with Crippen LogP contribution in [0.5, 0.6) is 0 Å². The molecule has 0 aliphatic carbocycles. The van der Waals surface area contributed by atoms with Gasteiger partial charge < -0.3 is 33.8 Å². The first-order valence-corrected chi connectivity index (χ1v) is 42.8. The Morgan fingerprint density at radius 2 is 0.490 bits per heavy atom. The fourth-order valence-corrected chi connectivity index (χ4v) is 12.2. The maximum absolute atomic E-state index is 13.1. The number of rotatable bonds is 75. The van der Waals surface area contributed by atoms with Crippen LogP contribution in [0.25, 0.3) is 0 Å². The topological polar surface area (TPSA) is 237 Å². The summed E-state index contributed by atoms with van der Waals surface area (Å²) in [4.78, 5) is 73.0. The highest BCUT2D eigenvalue weighted by molar-refractivity contribution is 7.47. The third-order valence-electron chi connectivity index (χ3n) is 16.8. The van der Waals surface area contributed by atoms with Crippen LogP contribution in [0.4, 0.5) is 0 Å². The van der Waals surface area contributed by atoms with Crippen LogP contribution in [-0.4, -0.2) is 96.7 Å². The molecule has 19 heteroatoms. The van der Waals surface area contributed by atoms with Crippen LogP contribution >= 0.6 is 15.6 Å². The van der Waals surface area contributed by atoms with Crippen molar-refractivity contribution in [1.82, 2.24) is 0 Å². The van der Waals surface area contributed by atoms with Crippen LogP contribution < -0.4 is 0 Å². The van der Waals surface area contributed by atoms with Crippen LogP contribution in [0.1, 0.15) is 349 Å². The molecular formula is C81H144O17P2. The molecule has 0 saturated heterocycles. The Morgan fingerprint density at radius 1 is 0.280 bits per heavy atom. The van der Waals surface area contributed by atoms with Gasteiger partial charge in [0.25, 0.3) is 0 Å². The van der Waals surface area contributed by atoms with E-state index in [1.807, 2.05) is 0 Å².